The Balaban J connectivity index is 1.47. The fourth-order valence-electron chi connectivity index (χ4n) is 5.49. The molecule has 1 atom stereocenters. The highest BCUT2D eigenvalue weighted by Gasteiger charge is 2.39. The third kappa shape index (κ3) is 3.98. The molecule has 1 aliphatic heterocycles. The molecule has 6 heteroatoms. The van der Waals surface area contributed by atoms with E-state index >= 15 is 0 Å². The number of carbonyl (C=O) groups is 1. The number of fused-ring (bicyclic) bond motifs is 2. The molecule has 0 saturated carbocycles. The molecule has 0 fully saturated rings. The maximum Gasteiger partial charge on any atom is 0.255 e. The molecular formula is C32H27FN2O3. The minimum Gasteiger partial charge on any atom is -0.493 e. The SMILES string of the molecule is COc1ccc(CCN2C(=O)c3ccccc3[C@@H]2c2c(-c3ccc(F)cc3)[nH]c3ccccc23)cc1OC. The number of amides is 1. The predicted molar refractivity (Wildman–Crippen MR) is 146 cm³/mol. The zero-order valence-corrected chi connectivity index (χ0v) is 21.2. The molecule has 6 rings (SSSR count). The van der Waals surface area contributed by atoms with E-state index in [1.54, 1.807) is 26.4 Å². The van der Waals surface area contributed by atoms with Gasteiger partial charge in [0.15, 0.2) is 11.5 Å². The van der Waals surface area contributed by atoms with Gasteiger partial charge < -0.3 is 19.4 Å². The first-order valence-corrected chi connectivity index (χ1v) is 12.6. The number of hydrogen-bond acceptors (Lipinski definition) is 3. The molecule has 0 unspecified atom stereocenters. The van der Waals surface area contributed by atoms with E-state index in [1.807, 2.05) is 65.6 Å². The number of hydrogen-bond donors (Lipinski definition) is 1. The molecule has 2 heterocycles. The predicted octanol–water partition coefficient (Wildman–Crippen LogP) is 6.78. The zero-order valence-electron chi connectivity index (χ0n) is 21.2. The van der Waals surface area contributed by atoms with Crippen molar-refractivity contribution in [2.24, 2.45) is 0 Å². The number of aromatic nitrogens is 1. The number of benzene rings is 4. The van der Waals surface area contributed by atoms with Gasteiger partial charge in [-0.15, -0.1) is 0 Å². The van der Waals surface area contributed by atoms with Crippen LogP contribution in [0.1, 0.15) is 33.1 Å². The normalized spacial score (nSPS) is 14.7. The molecule has 0 aliphatic carbocycles. The van der Waals surface area contributed by atoms with E-state index in [2.05, 4.69) is 11.1 Å². The second-order valence-corrected chi connectivity index (χ2v) is 9.39. The van der Waals surface area contributed by atoms with Crippen LogP contribution in [0.5, 0.6) is 11.5 Å². The third-order valence-electron chi connectivity index (χ3n) is 7.30. The summed E-state index contributed by atoms with van der Waals surface area (Å²) < 4.78 is 24.7. The Labute approximate surface area is 220 Å². The monoisotopic (exact) mass is 506 g/mol. The minimum atomic E-state index is -0.296. The van der Waals surface area contributed by atoms with Gasteiger partial charge in [0.05, 0.1) is 26.0 Å². The molecule has 38 heavy (non-hydrogen) atoms. The Hall–Kier alpha value is -4.58. The number of H-pyrrole nitrogens is 1. The molecule has 0 saturated heterocycles. The lowest BCUT2D eigenvalue weighted by Crippen LogP contribution is -2.31. The number of nitrogens with zero attached hydrogens (tertiary/aromatic N) is 1. The van der Waals surface area contributed by atoms with Gasteiger partial charge in [-0.1, -0.05) is 42.5 Å². The molecular weight excluding hydrogens is 479 g/mol. The average molecular weight is 507 g/mol. The molecule has 190 valence electrons. The highest BCUT2D eigenvalue weighted by atomic mass is 19.1. The van der Waals surface area contributed by atoms with Crippen molar-refractivity contribution in [2.45, 2.75) is 12.5 Å². The molecule has 4 aromatic carbocycles. The van der Waals surface area contributed by atoms with Crippen LogP contribution >= 0.6 is 0 Å². The average Bonchev–Trinajstić information content (AvgIpc) is 3.47. The van der Waals surface area contributed by atoms with Gasteiger partial charge in [-0.2, -0.15) is 0 Å². The summed E-state index contributed by atoms with van der Waals surface area (Å²) in [6.07, 6.45) is 0.644. The van der Waals surface area contributed by atoms with Crippen molar-refractivity contribution in [3.05, 3.63) is 119 Å². The van der Waals surface area contributed by atoms with Crippen LogP contribution in [0.2, 0.25) is 0 Å². The van der Waals surface area contributed by atoms with E-state index in [0.29, 0.717) is 30.0 Å². The molecule has 1 N–H and O–H groups in total. The van der Waals surface area contributed by atoms with E-state index in [4.69, 9.17) is 9.47 Å². The maximum atomic E-state index is 13.8. The van der Waals surface area contributed by atoms with Gasteiger partial charge in [0.25, 0.3) is 5.91 Å². The van der Waals surface area contributed by atoms with Crippen LogP contribution < -0.4 is 9.47 Å². The summed E-state index contributed by atoms with van der Waals surface area (Å²) in [6.45, 7) is 0.510. The standard InChI is InChI=1S/C32H27FN2O3/c1-37-27-16-11-20(19-28(27)38-2)17-18-35-31(23-7-3-4-8-24(23)32(35)36)29-25-9-5-6-10-26(25)34-30(29)21-12-14-22(33)15-13-21/h3-16,19,31,34H,17-18H2,1-2H3/t31-/m1/s1. The van der Waals surface area contributed by atoms with Crippen LogP contribution in [0.15, 0.2) is 91.0 Å². The summed E-state index contributed by atoms with van der Waals surface area (Å²) >= 11 is 0. The summed E-state index contributed by atoms with van der Waals surface area (Å²) in [5.74, 6) is 1.04. The number of carbonyl (C=O) groups excluding carboxylic acids is 1. The lowest BCUT2D eigenvalue weighted by molar-refractivity contribution is 0.0753. The summed E-state index contributed by atoms with van der Waals surface area (Å²) in [4.78, 5) is 19.3. The lowest BCUT2D eigenvalue weighted by Gasteiger charge is -2.27. The van der Waals surface area contributed by atoms with E-state index in [-0.39, 0.29) is 17.8 Å². The van der Waals surface area contributed by atoms with Gasteiger partial charge in [0.2, 0.25) is 0 Å². The fourth-order valence-corrected chi connectivity index (χ4v) is 5.49. The number of rotatable bonds is 7. The van der Waals surface area contributed by atoms with Crippen LogP contribution in [0, 0.1) is 5.82 Å². The Morgan fingerprint density at radius 2 is 1.61 bits per heavy atom. The topological polar surface area (TPSA) is 54.6 Å². The highest BCUT2D eigenvalue weighted by molar-refractivity contribution is 6.02. The first-order chi connectivity index (χ1) is 18.6. The largest absolute Gasteiger partial charge is 0.493 e. The van der Waals surface area contributed by atoms with E-state index in [0.717, 1.165) is 38.9 Å². The van der Waals surface area contributed by atoms with Crippen LogP contribution in [-0.4, -0.2) is 36.6 Å². The number of methoxy groups -OCH3 is 2. The Kier molecular flexibility index (Phi) is 6.08. The molecule has 0 bridgehead atoms. The van der Waals surface area contributed by atoms with Gasteiger partial charge in [0, 0.05) is 28.6 Å². The van der Waals surface area contributed by atoms with Crippen molar-refractivity contribution in [3.63, 3.8) is 0 Å². The van der Waals surface area contributed by atoms with Gasteiger partial charge in [-0.05, 0) is 71.6 Å². The van der Waals surface area contributed by atoms with Crippen LogP contribution in [0.4, 0.5) is 4.39 Å². The van der Waals surface area contributed by atoms with Crippen molar-refractivity contribution in [3.8, 4) is 22.8 Å². The Morgan fingerprint density at radius 3 is 2.39 bits per heavy atom. The van der Waals surface area contributed by atoms with Crippen molar-refractivity contribution < 1.29 is 18.7 Å². The van der Waals surface area contributed by atoms with Crippen molar-refractivity contribution in [2.75, 3.05) is 20.8 Å². The Morgan fingerprint density at radius 1 is 0.868 bits per heavy atom. The maximum absolute atomic E-state index is 13.8. The molecule has 1 amide bonds. The second-order valence-electron chi connectivity index (χ2n) is 9.39. The lowest BCUT2D eigenvalue weighted by atomic mass is 9.93. The molecule has 1 aliphatic rings. The molecule has 5 aromatic rings. The second kappa shape index (κ2) is 9.71. The van der Waals surface area contributed by atoms with Crippen molar-refractivity contribution >= 4 is 16.8 Å². The summed E-state index contributed by atoms with van der Waals surface area (Å²) in [7, 11) is 3.23. The van der Waals surface area contributed by atoms with Gasteiger partial charge in [0.1, 0.15) is 5.82 Å². The van der Waals surface area contributed by atoms with Crippen LogP contribution in [0.25, 0.3) is 22.2 Å². The van der Waals surface area contributed by atoms with Gasteiger partial charge in [-0.3, -0.25) is 4.79 Å². The molecule has 0 radical (unpaired) electrons. The van der Waals surface area contributed by atoms with E-state index in [1.165, 1.54) is 12.1 Å². The van der Waals surface area contributed by atoms with E-state index < -0.39 is 0 Å². The molecule has 0 spiro atoms. The number of nitrogens with one attached hydrogen (secondary N) is 1. The van der Waals surface area contributed by atoms with Crippen molar-refractivity contribution in [1.82, 2.24) is 9.88 Å². The number of aromatic amines is 1. The summed E-state index contributed by atoms with van der Waals surface area (Å²) in [5.41, 5.74) is 6.46. The van der Waals surface area contributed by atoms with E-state index in [9.17, 15) is 9.18 Å². The minimum absolute atomic E-state index is 0.00131. The smallest absolute Gasteiger partial charge is 0.255 e. The summed E-state index contributed by atoms with van der Waals surface area (Å²) in [5, 5.41) is 1.04. The fraction of sp³-hybridized carbons (Fsp3) is 0.156. The van der Waals surface area contributed by atoms with Crippen LogP contribution in [-0.2, 0) is 6.42 Å². The molecule has 5 nitrogen and oxygen atoms in total. The van der Waals surface area contributed by atoms with Gasteiger partial charge >= 0.3 is 0 Å². The number of para-hydroxylation sites is 1. The highest BCUT2D eigenvalue weighted by Crippen LogP contribution is 2.45. The van der Waals surface area contributed by atoms with Crippen molar-refractivity contribution in [1.29, 1.82) is 0 Å². The molecule has 1 aromatic heterocycles. The van der Waals surface area contributed by atoms with Gasteiger partial charge in [-0.25, -0.2) is 4.39 Å². The number of halogens is 1. The van der Waals surface area contributed by atoms with Crippen LogP contribution in [0.3, 0.4) is 0 Å². The third-order valence-corrected chi connectivity index (χ3v) is 7.30. The Bertz CT molecular complexity index is 1640. The zero-order chi connectivity index (χ0) is 26.2. The quantitative estimate of drug-likeness (QED) is 0.265. The first kappa shape index (κ1) is 23.8. The summed E-state index contributed by atoms with van der Waals surface area (Å²) in [6, 6.07) is 27.9. The number of ether oxygens (including phenoxy) is 2. The first-order valence-electron chi connectivity index (χ1n) is 12.6.